The minimum atomic E-state index is 0.226. The lowest BCUT2D eigenvalue weighted by molar-refractivity contribution is 0.621. The van der Waals surface area contributed by atoms with Crippen LogP contribution in [0.25, 0.3) is 11.2 Å². The average molecular weight is 292 g/mol. The third-order valence-electron chi connectivity index (χ3n) is 3.25. The van der Waals surface area contributed by atoms with Crippen LogP contribution in [0.15, 0.2) is 35.2 Å². The van der Waals surface area contributed by atoms with Crippen molar-refractivity contribution in [2.45, 2.75) is 19.4 Å². The van der Waals surface area contributed by atoms with Gasteiger partial charge in [-0.1, -0.05) is 0 Å². The summed E-state index contributed by atoms with van der Waals surface area (Å²) in [7, 11) is 0. The molecule has 5 heteroatoms. The molecule has 0 amide bonds. The predicted octanol–water partition coefficient (Wildman–Crippen LogP) is 3.88. The zero-order valence-electron chi connectivity index (χ0n) is 10.6. The van der Waals surface area contributed by atoms with E-state index in [9.17, 15) is 0 Å². The van der Waals surface area contributed by atoms with E-state index >= 15 is 0 Å². The maximum Gasteiger partial charge on any atom is 0.160 e. The van der Waals surface area contributed by atoms with Gasteiger partial charge in [-0.3, -0.25) is 0 Å². The number of nitrogens with zero attached hydrogens (tertiary/aromatic N) is 3. The van der Waals surface area contributed by atoms with Gasteiger partial charge in [0.1, 0.15) is 11.3 Å². The number of aromatic nitrogens is 3. The molecular weight excluding hydrogens is 278 g/mol. The number of hydrogen-bond acceptors (Lipinski definition) is 3. The van der Waals surface area contributed by atoms with Crippen LogP contribution in [0.1, 0.15) is 24.4 Å². The molecule has 0 aliphatic rings. The summed E-state index contributed by atoms with van der Waals surface area (Å²) in [5.74, 6) is 1.57. The van der Waals surface area contributed by atoms with E-state index in [4.69, 9.17) is 11.6 Å². The molecule has 0 aromatic carbocycles. The normalized spacial score (nSPS) is 12.9. The number of imidazole rings is 1. The van der Waals surface area contributed by atoms with Gasteiger partial charge in [0.05, 0.1) is 6.04 Å². The van der Waals surface area contributed by atoms with Crippen molar-refractivity contribution in [2.24, 2.45) is 0 Å². The molecule has 0 fully saturated rings. The highest BCUT2D eigenvalue weighted by Crippen LogP contribution is 2.26. The van der Waals surface area contributed by atoms with Crippen molar-refractivity contribution in [2.75, 3.05) is 5.88 Å². The molecule has 3 nitrogen and oxygen atoms in total. The molecule has 0 spiro atoms. The molecule has 0 radical (unpaired) electrons. The number of rotatable bonds is 4. The van der Waals surface area contributed by atoms with E-state index in [2.05, 4.69) is 38.3 Å². The summed E-state index contributed by atoms with van der Waals surface area (Å²) in [6.45, 7) is 2.18. The fourth-order valence-corrected chi connectivity index (χ4v) is 3.22. The van der Waals surface area contributed by atoms with Crippen LogP contribution in [0.3, 0.4) is 0 Å². The van der Waals surface area contributed by atoms with Crippen molar-refractivity contribution in [1.29, 1.82) is 0 Å². The average Bonchev–Trinajstić information content (AvgIpc) is 3.06. The minimum Gasteiger partial charge on any atom is -0.305 e. The molecule has 98 valence electrons. The van der Waals surface area contributed by atoms with Crippen molar-refractivity contribution in [3.8, 4) is 0 Å². The Morgan fingerprint density at radius 2 is 2.32 bits per heavy atom. The van der Waals surface area contributed by atoms with Crippen LogP contribution < -0.4 is 0 Å². The lowest BCUT2D eigenvalue weighted by atomic mass is 10.2. The molecular formula is C14H14ClN3S. The first kappa shape index (κ1) is 12.6. The highest BCUT2D eigenvalue weighted by atomic mass is 35.5. The van der Waals surface area contributed by atoms with Gasteiger partial charge < -0.3 is 4.57 Å². The standard InChI is InChI=1S/C14H14ClN3S/c1-10(11-5-8-19-9-11)18-13(4-6-15)17-12-3-2-7-16-14(12)18/h2-3,5,7-10H,4,6H2,1H3. The number of pyridine rings is 1. The minimum absolute atomic E-state index is 0.226. The molecule has 19 heavy (non-hydrogen) atoms. The largest absolute Gasteiger partial charge is 0.305 e. The van der Waals surface area contributed by atoms with Gasteiger partial charge in [-0.05, 0) is 41.4 Å². The summed E-state index contributed by atoms with van der Waals surface area (Å²) < 4.78 is 2.19. The third-order valence-corrected chi connectivity index (χ3v) is 4.14. The molecule has 0 saturated carbocycles. The Bertz CT molecular complexity index is 675. The van der Waals surface area contributed by atoms with Crippen LogP contribution in [0.4, 0.5) is 0 Å². The van der Waals surface area contributed by atoms with Gasteiger partial charge >= 0.3 is 0 Å². The fraction of sp³-hybridized carbons (Fsp3) is 0.286. The summed E-state index contributed by atoms with van der Waals surface area (Å²) >= 11 is 7.60. The number of thiophene rings is 1. The first-order valence-electron chi connectivity index (χ1n) is 6.21. The Morgan fingerprint density at radius 3 is 3.05 bits per heavy atom. The van der Waals surface area contributed by atoms with Crippen LogP contribution in [-0.4, -0.2) is 20.4 Å². The number of halogens is 1. The lowest BCUT2D eigenvalue weighted by Gasteiger charge is -2.15. The van der Waals surface area contributed by atoms with Crippen molar-refractivity contribution < 1.29 is 0 Å². The monoisotopic (exact) mass is 291 g/mol. The molecule has 0 aliphatic carbocycles. The first-order chi connectivity index (χ1) is 9.31. The highest BCUT2D eigenvalue weighted by molar-refractivity contribution is 7.07. The Hall–Kier alpha value is -1.39. The van der Waals surface area contributed by atoms with Crippen LogP contribution in [-0.2, 0) is 6.42 Å². The molecule has 1 atom stereocenters. The summed E-state index contributed by atoms with van der Waals surface area (Å²) in [4.78, 5) is 9.13. The van der Waals surface area contributed by atoms with E-state index in [0.717, 1.165) is 23.4 Å². The Kier molecular flexibility index (Phi) is 3.53. The Balaban J connectivity index is 2.17. The van der Waals surface area contributed by atoms with Gasteiger partial charge in [0.15, 0.2) is 5.65 Å². The molecule has 0 saturated heterocycles. The van der Waals surface area contributed by atoms with E-state index in [1.165, 1.54) is 5.56 Å². The summed E-state index contributed by atoms with van der Waals surface area (Å²) in [5.41, 5.74) is 3.15. The second-order valence-corrected chi connectivity index (χ2v) is 5.57. The molecule has 0 N–H and O–H groups in total. The molecule has 0 aliphatic heterocycles. The maximum absolute atomic E-state index is 5.89. The van der Waals surface area contributed by atoms with Crippen molar-refractivity contribution in [1.82, 2.24) is 14.5 Å². The van der Waals surface area contributed by atoms with E-state index in [-0.39, 0.29) is 6.04 Å². The maximum atomic E-state index is 5.89. The second kappa shape index (κ2) is 5.31. The van der Waals surface area contributed by atoms with E-state index < -0.39 is 0 Å². The highest BCUT2D eigenvalue weighted by Gasteiger charge is 2.17. The molecule has 3 rings (SSSR count). The third kappa shape index (κ3) is 2.26. The zero-order chi connectivity index (χ0) is 13.2. The van der Waals surface area contributed by atoms with Gasteiger partial charge in [-0.2, -0.15) is 11.3 Å². The summed E-state index contributed by atoms with van der Waals surface area (Å²) in [5, 5.41) is 4.27. The number of fused-ring (bicyclic) bond motifs is 1. The SMILES string of the molecule is CC(c1ccsc1)n1c(CCCl)nc2cccnc21. The predicted molar refractivity (Wildman–Crippen MR) is 80.1 cm³/mol. The number of hydrogen-bond donors (Lipinski definition) is 0. The van der Waals surface area contributed by atoms with Crippen LogP contribution in [0.2, 0.25) is 0 Å². The molecule has 3 aromatic rings. The number of alkyl halides is 1. The van der Waals surface area contributed by atoms with Gasteiger partial charge in [0, 0.05) is 18.5 Å². The Labute approximate surface area is 120 Å². The van der Waals surface area contributed by atoms with Crippen LogP contribution in [0.5, 0.6) is 0 Å². The topological polar surface area (TPSA) is 30.7 Å². The first-order valence-corrected chi connectivity index (χ1v) is 7.69. The van der Waals surface area contributed by atoms with E-state index in [1.807, 2.05) is 18.3 Å². The van der Waals surface area contributed by atoms with Crippen LogP contribution >= 0.6 is 22.9 Å². The zero-order valence-corrected chi connectivity index (χ0v) is 12.2. The van der Waals surface area contributed by atoms with Crippen molar-refractivity contribution in [3.05, 3.63) is 46.5 Å². The van der Waals surface area contributed by atoms with E-state index in [0.29, 0.717) is 5.88 Å². The van der Waals surface area contributed by atoms with E-state index in [1.54, 1.807) is 11.3 Å². The molecule has 3 heterocycles. The summed E-state index contributed by atoms with van der Waals surface area (Å²) in [6.07, 6.45) is 2.57. The molecule has 1 unspecified atom stereocenters. The molecule has 3 aromatic heterocycles. The van der Waals surface area contributed by atoms with Crippen LogP contribution in [0, 0.1) is 0 Å². The van der Waals surface area contributed by atoms with Crippen molar-refractivity contribution in [3.63, 3.8) is 0 Å². The lowest BCUT2D eigenvalue weighted by Crippen LogP contribution is -2.11. The van der Waals surface area contributed by atoms with Gasteiger partial charge in [0.2, 0.25) is 0 Å². The Morgan fingerprint density at radius 1 is 1.42 bits per heavy atom. The smallest absolute Gasteiger partial charge is 0.160 e. The van der Waals surface area contributed by atoms with Crippen molar-refractivity contribution >= 4 is 34.1 Å². The van der Waals surface area contributed by atoms with Gasteiger partial charge in [-0.15, -0.1) is 11.6 Å². The number of aryl methyl sites for hydroxylation is 1. The van der Waals surface area contributed by atoms with Gasteiger partial charge in [0.25, 0.3) is 0 Å². The fourth-order valence-electron chi connectivity index (χ4n) is 2.31. The summed E-state index contributed by atoms with van der Waals surface area (Å²) in [6, 6.07) is 6.29. The molecule has 0 bridgehead atoms. The quantitative estimate of drug-likeness (QED) is 0.683. The van der Waals surface area contributed by atoms with Gasteiger partial charge in [-0.25, -0.2) is 9.97 Å². The second-order valence-electron chi connectivity index (χ2n) is 4.42.